The molecule has 5 nitrogen and oxygen atoms in total. The minimum atomic E-state index is -0.0000638. The Morgan fingerprint density at radius 2 is 2.14 bits per heavy atom. The van der Waals surface area contributed by atoms with Crippen LogP contribution in [0.25, 0.3) is 11.0 Å². The average Bonchev–Trinajstić information content (AvgIpc) is 3.02. The van der Waals surface area contributed by atoms with Gasteiger partial charge in [-0.2, -0.15) is 0 Å². The largest absolute Gasteiger partial charge is 0.345 e. The summed E-state index contributed by atoms with van der Waals surface area (Å²) < 4.78 is 0. The second-order valence-corrected chi connectivity index (χ2v) is 5.42. The Hall–Kier alpha value is -2.69. The van der Waals surface area contributed by atoms with Gasteiger partial charge in [-0.05, 0) is 37.3 Å². The van der Waals surface area contributed by atoms with Gasteiger partial charge in [-0.15, -0.1) is 0 Å². The number of fused-ring (bicyclic) bond motifs is 1. The number of nitrogens with zero attached hydrogens (tertiary/aromatic N) is 3. The van der Waals surface area contributed by atoms with E-state index in [-0.39, 0.29) is 11.9 Å². The van der Waals surface area contributed by atoms with Crippen LogP contribution >= 0.6 is 0 Å². The number of aromatic nitrogens is 3. The summed E-state index contributed by atoms with van der Waals surface area (Å²) in [7, 11) is 1.83. The molecule has 0 bridgehead atoms. The summed E-state index contributed by atoms with van der Waals surface area (Å²) in [4.78, 5) is 25.9. The summed E-state index contributed by atoms with van der Waals surface area (Å²) in [5, 5.41) is 0. The highest BCUT2D eigenvalue weighted by Gasteiger charge is 2.18. The number of nitrogens with one attached hydrogen (secondary N) is 1. The fourth-order valence-corrected chi connectivity index (χ4v) is 2.43. The molecule has 0 spiro atoms. The molecule has 3 rings (SSSR count). The first-order valence-electron chi connectivity index (χ1n) is 7.25. The van der Waals surface area contributed by atoms with Gasteiger partial charge in [0.05, 0.1) is 17.4 Å². The van der Waals surface area contributed by atoms with Gasteiger partial charge >= 0.3 is 0 Å². The monoisotopic (exact) mass is 294 g/mol. The van der Waals surface area contributed by atoms with Gasteiger partial charge in [0.2, 0.25) is 0 Å². The maximum atomic E-state index is 12.6. The fourth-order valence-electron chi connectivity index (χ4n) is 2.43. The van der Waals surface area contributed by atoms with E-state index in [1.807, 2.05) is 50.4 Å². The van der Waals surface area contributed by atoms with E-state index in [0.717, 1.165) is 23.1 Å². The Morgan fingerprint density at radius 3 is 2.91 bits per heavy atom. The highest BCUT2D eigenvalue weighted by atomic mass is 16.2. The summed E-state index contributed by atoms with van der Waals surface area (Å²) in [5.41, 5.74) is 3.38. The first-order valence-corrected chi connectivity index (χ1v) is 7.25. The number of aromatic amines is 1. The zero-order valence-electron chi connectivity index (χ0n) is 12.7. The van der Waals surface area contributed by atoms with Crippen molar-refractivity contribution < 1.29 is 4.79 Å². The number of imidazole rings is 1. The van der Waals surface area contributed by atoms with Crippen molar-refractivity contribution in [3.8, 4) is 0 Å². The molecule has 1 atom stereocenters. The van der Waals surface area contributed by atoms with Crippen LogP contribution in [-0.4, -0.2) is 38.8 Å². The first-order chi connectivity index (χ1) is 10.6. The lowest BCUT2D eigenvalue weighted by Crippen LogP contribution is -2.36. The van der Waals surface area contributed by atoms with Crippen molar-refractivity contribution in [3.05, 3.63) is 60.2 Å². The lowest BCUT2D eigenvalue weighted by molar-refractivity contribution is 0.0743. The van der Waals surface area contributed by atoms with E-state index in [1.54, 1.807) is 17.4 Å². The summed E-state index contributed by atoms with van der Waals surface area (Å²) in [6, 6.07) is 11.4. The molecule has 0 radical (unpaired) electrons. The van der Waals surface area contributed by atoms with Crippen LogP contribution in [0, 0.1) is 0 Å². The van der Waals surface area contributed by atoms with Gasteiger partial charge in [0.1, 0.15) is 0 Å². The summed E-state index contributed by atoms with van der Waals surface area (Å²) in [5.74, 6) is -0.0000638. The molecule has 0 saturated carbocycles. The van der Waals surface area contributed by atoms with Gasteiger partial charge in [-0.25, -0.2) is 4.98 Å². The molecule has 2 heterocycles. The second kappa shape index (κ2) is 5.97. The number of rotatable bonds is 4. The van der Waals surface area contributed by atoms with Crippen LogP contribution in [0.5, 0.6) is 0 Å². The Bertz CT molecular complexity index is 781. The molecular weight excluding hydrogens is 276 g/mol. The maximum Gasteiger partial charge on any atom is 0.253 e. The first kappa shape index (κ1) is 14.3. The number of H-pyrrole nitrogens is 1. The molecule has 0 aliphatic carbocycles. The van der Waals surface area contributed by atoms with Crippen molar-refractivity contribution >= 4 is 16.9 Å². The van der Waals surface area contributed by atoms with E-state index in [2.05, 4.69) is 15.0 Å². The standard InChI is InChI=1S/C17H18N4O/c1-12(9-14-5-3-4-8-18-14)21(2)17(22)13-6-7-15-16(10-13)20-11-19-15/h3-8,10-12H,9H2,1-2H3,(H,19,20)/t12-/m0/s1. The Kier molecular flexibility index (Phi) is 3.87. The number of likely N-dealkylation sites (N-methyl/N-ethyl adjacent to an activating group) is 1. The van der Waals surface area contributed by atoms with Gasteiger partial charge in [0.25, 0.3) is 5.91 Å². The third-order valence-electron chi connectivity index (χ3n) is 3.88. The maximum absolute atomic E-state index is 12.6. The Labute approximate surface area is 129 Å². The molecule has 1 N–H and O–H groups in total. The average molecular weight is 294 g/mol. The summed E-state index contributed by atoms with van der Waals surface area (Å²) in [6.07, 6.45) is 4.14. The quantitative estimate of drug-likeness (QED) is 0.804. The van der Waals surface area contributed by atoms with Crippen molar-refractivity contribution in [2.75, 3.05) is 7.05 Å². The number of amides is 1. The van der Waals surface area contributed by atoms with Crippen LogP contribution in [0.4, 0.5) is 0 Å². The molecule has 2 aromatic heterocycles. The number of hydrogen-bond acceptors (Lipinski definition) is 3. The summed E-state index contributed by atoms with van der Waals surface area (Å²) >= 11 is 0. The highest BCUT2D eigenvalue weighted by molar-refractivity contribution is 5.97. The van der Waals surface area contributed by atoms with Crippen LogP contribution in [0.1, 0.15) is 23.0 Å². The molecule has 1 amide bonds. The number of carbonyl (C=O) groups is 1. The Balaban J connectivity index is 1.75. The van der Waals surface area contributed by atoms with Gasteiger partial charge in [-0.3, -0.25) is 9.78 Å². The van der Waals surface area contributed by atoms with Crippen molar-refractivity contribution in [2.45, 2.75) is 19.4 Å². The molecule has 0 aliphatic heterocycles. The topological polar surface area (TPSA) is 61.9 Å². The number of carbonyl (C=O) groups excluding carboxylic acids is 1. The minimum Gasteiger partial charge on any atom is -0.345 e. The molecular formula is C17H18N4O. The zero-order valence-corrected chi connectivity index (χ0v) is 12.7. The van der Waals surface area contributed by atoms with E-state index in [9.17, 15) is 4.79 Å². The van der Waals surface area contributed by atoms with Gasteiger partial charge in [0, 0.05) is 37.0 Å². The third-order valence-corrected chi connectivity index (χ3v) is 3.88. The highest BCUT2D eigenvalue weighted by Crippen LogP contribution is 2.15. The van der Waals surface area contributed by atoms with Crippen LogP contribution in [0.3, 0.4) is 0 Å². The zero-order chi connectivity index (χ0) is 15.5. The van der Waals surface area contributed by atoms with Crippen molar-refractivity contribution in [2.24, 2.45) is 0 Å². The van der Waals surface area contributed by atoms with E-state index in [1.165, 1.54) is 0 Å². The van der Waals surface area contributed by atoms with Crippen LogP contribution in [0.15, 0.2) is 48.9 Å². The normalized spacial score (nSPS) is 12.3. The van der Waals surface area contributed by atoms with Crippen LogP contribution in [0.2, 0.25) is 0 Å². The number of hydrogen-bond donors (Lipinski definition) is 1. The smallest absolute Gasteiger partial charge is 0.253 e. The third kappa shape index (κ3) is 2.83. The van der Waals surface area contributed by atoms with Crippen molar-refractivity contribution in [1.29, 1.82) is 0 Å². The van der Waals surface area contributed by atoms with E-state index >= 15 is 0 Å². The van der Waals surface area contributed by atoms with E-state index in [4.69, 9.17) is 0 Å². The molecule has 0 saturated heterocycles. The molecule has 112 valence electrons. The molecule has 1 aromatic carbocycles. The van der Waals surface area contributed by atoms with Crippen molar-refractivity contribution in [3.63, 3.8) is 0 Å². The summed E-state index contributed by atoms with van der Waals surface area (Å²) in [6.45, 7) is 2.03. The molecule has 3 aromatic rings. The van der Waals surface area contributed by atoms with E-state index < -0.39 is 0 Å². The predicted molar refractivity (Wildman–Crippen MR) is 85.6 cm³/mol. The Morgan fingerprint density at radius 1 is 1.27 bits per heavy atom. The van der Waals surface area contributed by atoms with Crippen LogP contribution in [-0.2, 0) is 6.42 Å². The molecule has 0 aliphatic rings. The van der Waals surface area contributed by atoms with Gasteiger partial charge < -0.3 is 9.88 Å². The van der Waals surface area contributed by atoms with Crippen molar-refractivity contribution in [1.82, 2.24) is 19.9 Å². The number of pyridine rings is 1. The minimum absolute atomic E-state index is 0.0000638. The van der Waals surface area contributed by atoms with Gasteiger partial charge in [-0.1, -0.05) is 6.07 Å². The van der Waals surface area contributed by atoms with Crippen LogP contribution < -0.4 is 0 Å². The molecule has 0 fully saturated rings. The van der Waals surface area contributed by atoms with Gasteiger partial charge in [0.15, 0.2) is 0 Å². The lowest BCUT2D eigenvalue weighted by Gasteiger charge is -2.25. The molecule has 0 unspecified atom stereocenters. The number of benzene rings is 1. The second-order valence-electron chi connectivity index (χ2n) is 5.42. The molecule has 5 heteroatoms. The SMILES string of the molecule is C[C@@H](Cc1ccccn1)N(C)C(=O)c1ccc2nc[nH]c2c1. The fraction of sp³-hybridized carbons (Fsp3) is 0.235. The predicted octanol–water partition coefficient (Wildman–Crippen LogP) is 2.66. The molecule has 22 heavy (non-hydrogen) atoms. The lowest BCUT2D eigenvalue weighted by atomic mass is 10.1. The van der Waals surface area contributed by atoms with E-state index in [0.29, 0.717) is 5.56 Å².